The normalized spacial score (nSPS) is 11.5. The van der Waals surface area contributed by atoms with Gasteiger partial charge < -0.3 is 10.6 Å². The lowest BCUT2D eigenvalue weighted by molar-refractivity contribution is 0.211. The molecule has 41 heavy (non-hydrogen) atoms. The van der Waals surface area contributed by atoms with Crippen LogP contribution in [0.2, 0.25) is 0 Å². The minimum Gasteiger partial charge on any atom is -0.399 e. The van der Waals surface area contributed by atoms with Crippen LogP contribution in [0.25, 0.3) is 10.2 Å². The number of amides is 2. The summed E-state index contributed by atoms with van der Waals surface area (Å²) in [5, 5.41) is 3.42. The number of benzene rings is 4. The highest BCUT2D eigenvalue weighted by molar-refractivity contribution is 7.89. The Morgan fingerprint density at radius 3 is 2.07 bits per heavy atom. The number of aromatic nitrogens is 1. The highest BCUT2D eigenvalue weighted by atomic mass is 32.2. The van der Waals surface area contributed by atoms with Gasteiger partial charge in [0, 0.05) is 31.2 Å². The molecule has 0 saturated carbocycles. The number of sulfonamides is 1. The van der Waals surface area contributed by atoms with Gasteiger partial charge >= 0.3 is 6.03 Å². The zero-order valence-electron chi connectivity index (χ0n) is 22.3. The summed E-state index contributed by atoms with van der Waals surface area (Å²) in [6.07, 6.45) is 0.645. The van der Waals surface area contributed by atoms with E-state index >= 15 is 0 Å². The number of nitrogen functional groups attached to an aromatic ring is 1. The Morgan fingerprint density at radius 2 is 1.44 bits per heavy atom. The van der Waals surface area contributed by atoms with Gasteiger partial charge in [-0.1, -0.05) is 84.1 Å². The fourth-order valence-corrected chi connectivity index (χ4v) is 6.51. The zero-order chi connectivity index (χ0) is 28.7. The molecule has 4 aromatic carbocycles. The third-order valence-corrected chi connectivity index (χ3v) is 9.18. The summed E-state index contributed by atoms with van der Waals surface area (Å²) in [5.74, 6) is 0.0571. The molecule has 10 heteroatoms. The molecule has 0 saturated heterocycles. The van der Waals surface area contributed by atoms with E-state index in [0.717, 1.165) is 21.3 Å². The zero-order valence-corrected chi connectivity index (χ0v) is 23.9. The number of anilines is 2. The molecular weight excluding hydrogens is 555 g/mol. The van der Waals surface area contributed by atoms with E-state index in [1.807, 2.05) is 60.7 Å². The minimum absolute atomic E-state index is 0.0430. The molecule has 5 aromatic rings. The molecule has 0 atom stereocenters. The van der Waals surface area contributed by atoms with Crippen molar-refractivity contribution in [3.8, 4) is 0 Å². The first-order valence-corrected chi connectivity index (χ1v) is 15.6. The topological polar surface area (TPSA) is 117 Å². The van der Waals surface area contributed by atoms with Crippen LogP contribution in [0.15, 0.2) is 114 Å². The highest BCUT2D eigenvalue weighted by Crippen LogP contribution is 2.29. The first-order valence-electron chi connectivity index (χ1n) is 13.3. The van der Waals surface area contributed by atoms with Gasteiger partial charge in [-0.15, -0.1) is 0 Å². The maximum absolute atomic E-state index is 13.5. The van der Waals surface area contributed by atoms with Gasteiger partial charge in [0.05, 0.1) is 15.1 Å². The fraction of sp³-hybridized carbons (Fsp3) is 0.161. The van der Waals surface area contributed by atoms with Crippen LogP contribution >= 0.6 is 11.3 Å². The van der Waals surface area contributed by atoms with Crippen molar-refractivity contribution < 1.29 is 13.2 Å². The third kappa shape index (κ3) is 7.29. The third-order valence-electron chi connectivity index (χ3n) is 6.75. The largest absolute Gasteiger partial charge is 0.399 e. The van der Waals surface area contributed by atoms with Gasteiger partial charge in [0.1, 0.15) is 0 Å². The molecule has 0 aliphatic heterocycles. The summed E-state index contributed by atoms with van der Waals surface area (Å²) in [4.78, 5) is 19.8. The number of para-hydroxylation sites is 1. The van der Waals surface area contributed by atoms with Crippen molar-refractivity contribution in [2.45, 2.75) is 17.2 Å². The Morgan fingerprint density at radius 1 is 0.829 bits per heavy atom. The van der Waals surface area contributed by atoms with Crippen LogP contribution in [0.3, 0.4) is 0 Å². The quantitative estimate of drug-likeness (QED) is 0.167. The Kier molecular flexibility index (Phi) is 8.93. The molecule has 0 aliphatic carbocycles. The van der Waals surface area contributed by atoms with Crippen LogP contribution < -0.4 is 15.8 Å². The van der Waals surface area contributed by atoms with Crippen LogP contribution in [-0.4, -0.2) is 44.0 Å². The molecule has 0 bridgehead atoms. The number of carbonyl (C=O) groups excluding carboxylic acids is 1. The standard InChI is InChI=1S/C31H31N5O3S2/c32-25-15-17-26(18-16-25)41(38,39)33-20-22-36(31(37)35-30-34-28-13-7-8-14-29(28)40-30)21-19-27(23-9-3-1-4-10-23)24-11-5-2-6-12-24/h1-18,27,33H,19-22,32H2,(H,34,35,37). The number of urea groups is 1. The molecule has 0 aliphatic rings. The highest BCUT2D eigenvalue weighted by Gasteiger charge is 2.21. The number of hydrogen-bond donors (Lipinski definition) is 3. The van der Waals surface area contributed by atoms with Crippen LogP contribution in [0.4, 0.5) is 15.6 Å². The maximum Gasteiger partial charge on any atom is 0.323 e. The van der Waals surface area contributed by atoms with E-state index in [0.29, 0.717) is 23.8 Å². The molecule has 4 N–H and O–H groups in total. The molecule has 0 fully saturated rings. The first-order chi connectivity index (χ1) is 19.9. The van der Waals surface area contributed by atoms with Gasteiger partial charge in [0.15, 0.2) is 5.13 Å². The Labute approximate surface area is 243 Å². The molecular formula is C31H31N5O3S2. The van der Waals surface area contributed by atoms with Crippen LogP contribution in [-0.2, 0) is 10.0 Å². The Balaban J connectivity index is 1.33. The molecule has 8 nitrogen and oxygen atoms in total. The van der Waals surface area contributed by atoms with Gasteiger partial charge in [0.25, 0.3) is 0 Å². The molecule has 5 rings (SSSR count). The summed E-state index contributed by atoms with van der Waals surface area (Å²) in [5.41, 5.74) is 9.29. The predicted octanol–water partition coefficient (Wildman–Crippen LogP) is 5.91. The van der Waals surface area contributed by atoms with Crippen molar-refractivity contribution in [1.82, 2.24) is 14.6 Å². The van der Waals surface area contributed by atoms with E-state index < -0.39 is 10.0 Å². The van der Waals surface area contributed by atoms with Crippen molar-refractivity contribution in [2.24, 2.45) is 0 Å². The second-order valence-corrected chi connectivity index (χ2v) is 12.3. The van der Waals surface area contributed by atoms with E-state index in [-0.39, 0.29) is 29.9 Å². The van der Waals surface area contributed by atoms with Gasteiger partial charge in [-0.25, -0.2) is 22.9 Å². The SMILES string of the molecule is Nc1ccc(S(=O)(=O)NCCN(CCC(c2ccccc2)c2ccccc2)C(=O)Nc2nc3ccccc3s2)cc1. The lowest BCUT2D eigenvalue weighted by Crippen LogP contribution is -2.41. The van der Waals surface area contributed by atoms with Crippen molar-refractivity contribution in [3.63, 3.8) is 0 Å². The number of fused-ring (bicyclic) bond motifs is 1. The van der Waals surface area contributed by atoms with E-state index in [1.54, 1.807) is 17.0 Å². The summed E-state index contributed by atoms with van der Waals surface area (Å²) < 4.78 is 29.3. The summed E-state index contributed by atoms with van der Waals surface area (Å²) >= 11 is 1.40. The van der Waals surface area contributed by atoms with Gasteiger partial charge in [-0.05, 0) is 53.9 Å². The summed E-state index contributed by atoms with van der Waals surface area (Å²) in [7, 11) is -3.77. The van der Waals surface area contributed by atoms with Gasteiger partial charge in [-0.3, -0.25) is 5.32 Å². The smallest absolute Gasteiger partial charge is 0.323 e. The monoisotopic (exact) mass is 585 g/mol. The predicted molar refractivity (Wildman–Crippen MR) is 166 cm³/mol. The van der Waals surface area contributed by atoms with Crippen LogP contribution in [0.1, 0.15) is 23.5 Å². The number of nitrogens with one attached hydrogen (secondary N) is 2. The molecule has 0 radical (unpaired) electrons. The first kappa shape index (κ1) is 28.3. The number of nitrogens with two attached hydrogens (primary N) is 1. The lowest BCUT2D eigenvalue weighted by Gasteiger charge is -2.26. The van der Waals surface area contributed by atoms with Crippen molar-refractivity contribution in [2.75, 3.05) is 30.7 Å². The molecule has 2 amide bonds. The van der Waals surface area contributed by atoms with E-state index in [1.165, 1.54) is 23.5 Å². The van der Waals surface area contributed by atoms with Crippen LogP contribution in [0.5, 0.6) is 0 Å². The molecule has 0 unspecified atom stereocenters. The number of rotatable bonds is 11. The lowest BCUT2D eigenvalue weighted by atomic mass is 9.88. The summed E-state index contributed by atoms with van der Waals surface area (Å²) in [6, 6.07) is 33.7. The molecule has 1 heterocycles. The maximum atomic E-state index is 13.5. The van der Waals surface area contributed by atoms with Crippen molar-refractivity contribution in [1.29, 1.82) is 0 Å². The second kappa shape index (κ2) is 12.9. The minimum atomic E-state index is -3.77. The average Bonchev–Trinajstić information content (AvgIpc) is 3.40. The van der Waals surface area contributed by atoms with Gasteiger partial charge in [-0.2, -0.15) is 0 Å². The average molecular weight is 586 g/mol. The Hall–Kier alpha value is -4.25. The van der Waals surface area contributed by atoms with Crippen LogP contribution in [0, 0.1) is 0 Å². The second-order valence-electron chi connectivity index (χ2n) is 9.53. The van der Waals surface area contributed by atoms with E-state index in [4.69, 9.17) is 5.73 Å². The summed E-state index contributed by atoms with van der Waals surface area (Å²) in [6.45, 7) is 0.608. The van der Waals surface area contributed by atoms with Crippen molar-refractivity contribution >= 4 is 48.4 Å². The molecule has 210 valence electrons. The van der Waals surface area contributed by atoms with E-state index in [2.05, 4.69) is 39.3 Å². The number of hydrogen-bond acceptors (Lipinski definition) is 6. The number of thiazole rings is 1. The fourth-order valence-electron chi connectivity index (χ4n) is 4.64. The van der Waals surface area contributed by atoms with Crippen molar-refractivity contribution in [3.05, 3.63) is 120 Å². The number of carbonyl (C=O) groups is 1. The molecule has 0 spiro atoms. The van der Waals surface area contributed by atoms with Gasteiger partial charge in [0.2, 0.25) is 10.0 Å². The van der Waals surface area contributed by atoms with E-state index in [9.17, 15) is 13.2 Å². The molecule has 1 aromatic heterocycles. The Bertz CT molecular complexity index is 1620. The number of nitrogens with zero attached hydrogens (tertiary/aromatic N) is 2.